The average Bonchev–Trinajstić information content (AvgIpc) is 2.22. The Morgan fingerprint density at radius 1 is 1.56 bits per heavy atom. The van der Waals surface area contributed by atoms with Gasteiger partial charge in [0.15, 0.2) is 0 Å². The number of hydrogen-bond donors (Lipinski definition) is 4. The third kappa shape index (κ3) is 2.94. The lowest BCUT2D eigenvalue weighted by Gasteiger charge is -2.28. The summed E-state index contributed by atoms with van der Waals surface area (Å²) >= 11 is 0. The lowest BCUT2D eigenvalue weighted by molar-refractivity contribution is -0.134. The van der Waals surface area contributed by atoms with E-state index in [0.717, 1.165) is 18.1 Å². The summed E-state index contributed by atoms with van der Waals surface area (Å²) < 4.78 is 0. The number of aliphatic carboxylic acids is 1. The van der Waals surface area contributed by atoms with E-state index in [1.165, 1.54) is 0 Å². The zero-order chi connectivity index (χ0) is 12.1. The van der Waals surface area contributed by atoms with E-state index in [-0.39, 0.29) is 5.70 Å². The van der Waals surface area contributed by atoms with E-state index in [4.69, 9.17) is 10.9 Å². The Kier molecular flexibility index (Phi) is 4.27. The van der Waals surface area contributed by atoms with Gasteiger partial charge in [0.05, 0.1) is 0 Å². The van der Waals surface area contributed by atoms with Crippen molar-refractivity contribution in [3.05, 3.63) is 11.3 Å². The third-order valence-corrected chi connectivity index (χ3v) is 2.18. The molecule has 0 aromatic carbocycles. The van der Waals surface area contributed by atoms with Crippen molar-refractivity contribution in [1.82, 2.24) is 16.1 Å². The summed E-state index contributed by atoms with van der Waals surface area (Å²) in [7, 11) is 0. The highest BCUT2D eigenvalue weighted by Crippen LogP contribution is 2.07. The highest BCUT2D eigenvalue weighted by atomic mass is 16.4. The first kappa shape index (κ1) is 12.5. The number of nitrogens with one attached hydrogen (secondary N) is 2. The van der Waals surface area contributed by atoms with Crippen LogP contribution in [0.3, 0.4) is 0 Å². The maximum atomic E-state index is 10.9. The van der Waals surface area contributed by atoms with E-state index in [0.29, 0.717) is 18.0 Å². The Labute approximate surface area is 93.9 Å². The van der Waals surface area contributed by atoms with E-state index in [9.17, 15) is 4.79 Å². The Morgan fingerprint density at radius 3 is 2.81 bits per heavy atom. The molecule has 0 aromatic rings. The number of amidine groups is 1. The van der Waals surface area contributed by atoms with Crippen LogP contribution in [0.15, 0.2) is 16.3 Å². The molecule has 1 aliphatic heterocycles. The number of rotatable bonds is 4. The molecule has 0 radical (unpaired) electrons. The van der Waals surface area contributed by atoms with Gasteiger partial charge < -0.3 is 5.11 Å². The number of aliphatic imine (C=N–C) groups is 1. The Balaban J connectivity index is 2.87. The first-order valence-electron chi connectivity index (χ1n) is 5.13. The van der Waals surface area contributed by atoms with Gasteiger partial charge in [-0.25, -0.2) is 10.6 Å². The lowest BCUT2D eigenvalue weighted by atomic mass is 10.2. The quantitative estimate of drug-likeness (QED) is 0.390. The van der Waals surface area contributed by atoms with Crippen LogP contribution in [0.5, 0.6) is 0 Å². The smallest absolute Gasteiger partial charge is 0.353 e. The standard InChI is InChI=1S/C9H17N5O2/c1-3-4-5-11-8-6(2)7(9(15)16)12-14(10)13-8/h12H,3-5,10H2,1-2H3,(H,11,13)(H,15,16). The molecular formula is C9H17N5O2. The molecule has 0 spiro atoms. The van der Waals surface area contributed by atoms with Crippen molar-refractivity contribution in [2.24, 2.45) is 10.8 Å². The Hall–Kier alpha value is -1.60. The zero-order valence-corrected chi connectivity index (χ0v) is 9.45. The number of carbonyl (C=O) groups is 1. The first-order valence-corrected chi connectivity index (χ1v) is 5.13. The molecule has 1 heterocycles. The van der Waals surface area contributed by atoms with Crippen molar-refractivity contribution in [3.63, 3.8) is 0 Å². The molecule has 0 atom stereocenters. The van der Waals surface area contributed by atoms with Gasteiger partial charge in [-0.05, 0) is 13.3 Å². The van der Waals surface area contributed by atoms with Crippen LogP contribution in [0.2, 0.25) is 0 Å². The van der Waals surface area contributed by atoms with Gasteiger partial charge in [-0.15, -0.1) is 0 Å². The van der Waals surface area contributed by atoms with Crippen LogP contribution in [0.1, 0.15) is 26.7 Å². The monoisotopic (exact) mass is 227 g/mol. The van der Waals surface area contributed by atoms with E-state index < -0.39 is 5.97 Å². The van der Waals surface area contributed by atoms with Crippen molar-refractivity contribution in [3.8, 4) is 0 Å². The van der Waals surface area contributed by atoms with Crippen LogP contribution >= 0.6 is 0 Å². The maximum Gasteiger partial charge on any atom is 0.353 e. The van der Waals surface area contributed by atoms with E-state index in [2.05, 4.69) is 22.8 Å². The summed E-state index contributed by atoms with van der Waals surface area (Å²) in [5, 5.41) is 9.92. The SMILES string of the molecule is CCCCN=C1NN(N)NC(C(=O)O)=C1C. The summed E-state index contributed by atoms with van der Waals surface area (Å²) in [5.41, 5.74) is 5.81. The van der Waals surface area contributed by atoms with Crippen LogP contribution in [-0.4, -0.2) is 28.7 Å². The number of carboxylic acids is 1. The second-order valence-corrected chi connectivity index (χ2v) is 3.48. The minimum absolute atomic E-state index is 0.0384. The molecule has 0 saturated heterocycles. The van der Waals surface area contributed by atoms with Gasteiger partial charge in [-0.2, -0.15) is 0 Å². The summed E-state index contributed by atoms with van der Waals surface area (Å²) in [6.45, 7) is 4.40. The zero-order valence-electron chi connectivity index (χ0n) is 9.45. The van der Waals surface area contributed by atoms with Crippen molar-refractivity contribution in [2.45, 2.75) is 26.7 Å². The molecule has 5 N–H and O–H groups in total. The fraction of sp³-hybridized carbons (Fsp3) is 0.556. The molecule has 0 amide bonds. The summed E-state index contributed by atoms with van der Waals surface area (Å²) in [6, 6.07) is 0. The normalized spacial score (nSPS) is 19.6. The van der Waals surface area contributed by atoms with E-state index in [1.54, 1.807) is 6.92 Å². The average molecular weight is 227 g/mol. The molecule has 1 rings (SSSR count). The van der Waals surface area contributed by atoms with Crippen molar-refractivity contribution < 1.29 is 9.90 Å². The molecular weight excluding hydrogens is 210 g/mol. The number of unbranched alkanes of at least 4 members (excludes halogenated alkanes) is 1. The molecule has 90 valence electrons. The van der Waals surface area contributed by atoms with E-state index in [1.807, 2.05) is 0 Å². The van der Waals surface area contributed by atoms with Gasteiger partial charge in [-0.1, -0.05) is 18.6 Å². The topological polar surface area (TPSA) is 103 Å². The largest absolute Gasteiger partial charge is 0.477 e. The summed E-state index contributed by atoms with van der Waals surface area (Å²) in [6.07, 6.45) is 1.99. The second kappa shape index (κ2) is 5.47. The lowest BCUT2D eigenvalue weighted by Crippen LogP contribution is -2.59. The Morgan fingerprint density at radius 2 is 2.25 bits per heavy atom. The second-order valence-electron chi connectivity index (χ2n) is 3.48. The van der Waals surface area contributed by atoms with Gasteiger partial charge in [0.1, 0.15) is 11.5 Å². The van der Waals surface area contributed by atoms with Crippen molar-refractivity contribution in [2.75, 3.05) is 6.54 Å². The minimum atomic E-state index is -1.06. The molecule has 0 fully saturated rings. The molecule has 1 aliphatic rings. The molecule has 0 aromatic heterocycles. The van der Waals surface area contributed by atoms with Crippen LogP contribution in [0, 0.1) is 0 Å². The highest BCUT2D eigenvalue weighted by molar-refractivity contribution is 6.05. The maximum absolute atomic E-state index is 10.9. The highest BCUT2D eigenvalue weighted by Gasteiger charge is 2.22. The number of hydrazine groups is 3. The van der Waals surface area contributed by atoms with Crippen molar-refractivity contribution >= 4 is 11.8 Å². The van der Waals surface area contributed by atoms with Crippen LogP contribution in [0.25, 0.3) is 0 Å². The Bertz CT molecular complexity index is 337. The number of nitrogens with two attached hydrogens (primary N) is 1. The fourth-order valence-electron chi connectivity index (χ4n) is 1.26. The number of carboxylic acid groups (broad SMARTS) is 1. The minimum Gasteiger partial charge on any atom is -0.477 e. The van der Waals surface area contributed by atoms with Gasteiger partial charge in [-0.3, -0.25) is 15.8 Å². The predicted octanol–water partition coefficient (Wildman–Crippen LogP) is -0.258. The van der Waals surface area contributed by atoms with Crippen molar-refractivity contribution in [1.29, 1.82) is 0 Å². The third-order valence-electron chi connectivity index (χ3n) is 2.18. The van der Waals surface area contributed by atoms with E-state index >= 15 is 0 Å². The molecule has 0 saturated carbocycles. The van der Waals surface area contributed by atoms with Crippen LogP contribution < -0.4 is 16.7 Å². The first-order chi connectivity index (χ1) is 7.56. The molecule has 0 unspecified atom stereocenters. The molecule has 0 bridgehead atoms. The predicted molar refractivity (Wildman–Crippen MR) is 59.8 cm³/mol. The van der Waals surface area contributed by atoms with Crippen LogP contribution in [0.4, 0.5) is 0 Å². The molecule has 16 heavy (non-hydrogen) atoms. The summed E-state index contributed by atoms with van der Waals surface area (Å²) in [5.74, 6) is 4.89. The molecule has 7 nitrogen and oxygen atoms in total. The van der Waals surface area contributed by atoms with Gasteiger partial charge in [0.2, 0.25) is 0 Å². The van der Waals surface area contributed by atoms with Gasteiger partial charge in [0.25, 0.3) is 0 Å². The fourth-order valence-corrected chi connectivity index (χ4v) is 1.26. The van der Waals surface area contributed by atoms with Crippen LogP contribution in [-0.2, 0) is 4.79 Å². The number of hydrogen-bond acceptors (Lipinski definition) is 5. The summed E-state index contributed by atoms with van der Waals surface area (Å²) in [4.78, 5) is 15.2. The van der Waals surface area contributed by atoms with Gasteiger partial charge >= 0.3 is 5.97 Å². The molecule has 0 aliphatic carbocycles. The van der Waals surface area contributed by atoms with Gasteiger partial charge in [0, 0.05) is 12.1 Å². The molecule has 7 heteroatoms. The number of nitrogens with zero attached hydrogens (tertiary/aromatic N) is 2.